The predicted molar refractivity (Wildman–Crippen MR) is 111 cm³/mol. The fourth-order valence-corrected chi connectivity index (χ4v) is 3.76. The Labute approximate surface area is 165 Å². The first-order valence-corrected chi connectivity index (χ1v) is 10.3. The van der Waals surface area contributed by atoms with Crippen LogP contribution in [0.15, 0.2) is 70.2 Å². The molecule has 3 aromatic rings. The van der Waals surface area contributed by atoms with Crippen LogP contribution in [0.4, 0.5) is 0 Å². The Kier molecular flexibility index (Phi) is 7.43. The van der Waals surface area contributed by atoms with Gasteiger partial charge in [0.05, 0.1) is 20.0 Å². The van der Waals surface area contributed by atoms with Crippen LogP contribution in [0.1, 0.15) is 30.9 Å². The fraction of sp³-hybridized carbons (Fsp3) is 0.304. The molecule has 4 heteroatoms. The van der Waals surface area contributed by atoms with E-state index in [1.54, 1.807) is 7.11 Å². The lowest BCUT2D eigenvalue weighted by Gasteiger charge is -2.08. The fourth-order valence-electron chi connectivity index (χ4n) is 2.78. The van der Waals surface area contributed by atoms with Gasteiger partial charge in [0.2, 0.25) is 0 Å². The number of ether oxygens (including phenoxy) is 2. The summed E-state index contributed by atoms with van der Waals surface area (Å²) in [5.41, 5.74) is 3.38. The number of thioether (sulfide) groups is 1. The number of hydrogen-bond acceptors (Lipinski definition) is 4. The van der Waals surface area contributed by atoms with E-state index in [2.05, 4.69) is 31.2 Å². The van der Waals surface area contributed by atoms with Gasteiger partial charge < -0.3 is 13.9 Å². The van der Waals surface area contributed by atoms with Crippen molar-refractivity contribution in [3.63, 3.8) is 0 Å². The van der Waals surface area contributed by atoms with Crippen molar-refractivity contribution in [3.8, 4) is 17.1 Å². The number of unbranched alkanes of at least 4 members (excludes halogenated alkanes) is 1. The highest BCUT2D eigenvalue weighted by Crippen LogP contribution is 2.34. The molecule has 1 heterocycles. The maximum atomic E-state index is 5.97. The normalized spacial score (nSPS) is 10.9. The molecule has 27 heavy (non-hydrogen) atoms. The smallest absolute Gasteiger partial charge is 0.138 e. The number of hydrogen-bond donors (Lipinski definition) is 0. The molecule has 0 atom stereocenters. The molecule has 3 nitrogen and oxygen atoms in total. The molecule has 0 spiro atoms. The average molecular weight is 383 g/mol. The molecular formula is C23H26O3S. The van der Waals surface area contributed by atoms with E-state index >= 15 is 0 Å². The molecule has 0 saturated carbocycles. The Balaban J connectivity index is 1.81. The van der Waals surface area contributed by atoms with Gasteiger partial charge >= 0.3 is 0 Å². The summed E-state index contributed by atoms with van der Waals surface area (Å²) in [5.74, 6) is 2.60. The molecule has 0 radical (unpaired) electrons. The van der Waals surface area contributed by atoms with E-state index in [-0.39, 0.29) is 0 Å². The van der Waals surface area contributed by atoms with Crippen LogP contribution in [0.3, 0.4) is 0 Å². The van der Waals surface area contributed by atoms with E-state index < -0.39 is 0 Å². The summed E-state index contributed by atoms with van der Waals surface area (Å²) in [6, 6.07) is 18.4. The van der Waals surface area contributed by atoms with Crippen molar-refractivity contribution in [2.75, 3.05) is 13.7 Å². The molecule has 142 valence electrons. The van der Waals surface area contributed by atoms with Gasteiger partial charge in [-0.3, -0.25) is 0 Å². The van der Waals surface area contributed by atoms with Gasteiger partial charge in [0.25, 0.3) is 0 Å². The number of furan rings is 1. The predicted octanol–water partition coefficient (Wildman–Crippen LogP) is 6.56. The maximum absolute atomic E-state index is 5.97. The lowest BCUT2D eigenvalue weighted by atomic mass is 10.1. The topological polar surface area (TPSA) is 31.6 Å². The van der Waals surface area contributed by atoms with Crippen LogP contribution in [0.5, 0.6) is 5.75 Å². The van der Waals surface area contributed by atoms with Gasteiger partial charge in [0.15, 0.2) is 0 Å². The highest BCUT2D eigenvalue weighted by atomic mass is 32.2. The van der Waals surface area contributed by atoms with Crippen molar-refractivity contribution in [3.05, 3.63) is 72.0 Å². The van der Waals surface area contributed by atoms with E-state index in [0.717, 1.165) is 47.8 Å². The van der Waals surface area contributed by atoms with Crippen molar-refractivity contribution in [1.29, 1.82) is 0 Å². The number of benzene rings is 2. The quantitative estimate of drug-likeness (QED) is 0.293. The Morgan fingerprint density at radius 2 is 1.78 bits per heavy atom. The van der Waals surface area contributed by atoms with Crippen LogP contribution in [0.2, 0.25) is 0 Å². The molecule has 0 unspecified atom stereocenters. The molecule has 2 aromatic carbocycles. The summed E-state index contributed by atoms with van der Waals surface area (Å²) >= 11 is 1.81. The van der Waals surface area contributed by atoms with Gasteiger partial charge in [-0.05, 0) is 42.8 Å². The van der Waals surface area contributed by atoms with Gasteiger partial charge in [-0.25, -0.2) is 0 Å². The van der Waals surface area contributed by atoms with Crippen molar-refractivity contribution in [2.45, 2.75) is 37.0 Å². The first-order chi connectivity index (χ1) is 13.3. The lowest BCUT2D eigenvalue weighted by Crippen LogP contribution is -1.97. The van der Waals surface area contributed by atoms with E-state index in [1.165, 1.54) is 10.5 Å². The third kappa shape index (κ3) is 5.41. The first kappa shape index (κ1) is 19.6. The zero-order chi connectivity index (χ0) is 18.9. The van der Waals surface area contributed by atoms with E-state index in [1.807, 2.05) is 48.4 Å². The molecule has 0 aliphatic heterocycles. The van der Waals surface area contributed by atoms with Crippen molar-refractivity contribution < 1.29 is 13.9 Å². The molecule has 1 aromatic heterocycles. The third-order valence-corrected chi connectivity index (χ3v) is 5.40. The number of methoxy groups -OCH3 is 1. The molecule has 0 aliphatic rings. The molecule has 0 aliphatic carbocycles. The molecule has 0 bridgehead atoms. The van der Waals surface area contributed by atoms with Crippen LogP contribution >= 0.6 is 11.8 Å². The zero-order valence-corrected chi connectivity index (χ0v) is 16.8. The van der Waals surface area contributed by atoms with Gasteiger partial charge in [0.1, 0.15) is 11.5 Å². The SMILES string of the molecule is CCCCOCc1coc(-c2ccc(OC)cc2)c1CSc1ccccc1. The third-order valence-electron chi connectivity index (χ3n) is 4.36. The molecule has 0 N–H and O–H groups in total. The Morgan fingerprint density at radius 1 is 1.00 bits per heavy atom. The van der Waals surface area contributed by atoms with Crippen LogP contribution in [-0.2, 0) is 17.1 Å². The average Bonchev–Trinajstić information content (AvgIpc) is 3.13. The van der Waals surface area contributed by atoms with Crippen LogP contribution < -0.4 is 4.74 Å². The highest BCUT2D eigenvalue weighted by molar-refractivity contribution is 7.98. The minimum atomic E-state index is 0.588. The summed E-state index contributed by atoms with van der Waals surface area (Å²) in [6.45, 7) is 3.54. The van der Waals surface area contributed by atoms with Gasteiger partial charge in [-0.15, -0.1) is 11.8 Å². The molecule has 0 fully saturated rings. The summed E-state index contributed by atoms with van der Waals surface area (Å²) in [5, 5.41) is 0. The van der Waals surface area contributed by atoms with E-state index in [4.69, 9.17) is 13.9 Å². The van der Waals surface area contributed by atoms with Gasteiger partial charge in [-0.2, -0.15) is 0 Å². The van der Waals surface area contributed by atoms with E-state index in [9.17, 15) is 0 Å². The van der Waals surface area contributed by atoms with Crippen LogP contribution in [0.25, 0.3) is 11.3 Å². The lowest BCUT2D eigenvalue weighted by molar-refractivity contribution is 0.117. The van der Waals surface area contributed by atoms with E-state index in [0.29, 0.717) is 6.61 Å². The summed E-state index contributed by atoms with van der Waals surface area (Å²) < 4.78 is 17.1. The number of rotatable bonds is 10. The van der Waals surface area contributed by atoms with Crippen LogP contribution in [-0.4, -0.2) is 13.7 Å². The minimum Gasteiger partial charge on any atom is -0.497 e. The summed E-state index contributed by atoms with van der Waals surface area (Å²) in [7, 11) is 1.68. The summed E-state index contributed by atoms with van der Waals surface area (Å²) in [4.78, 5) is 1.25. The van der Waals surface area contributed by atoms with Crippen molar-refractivity contribution >= 4 is 11.8 Å². The Morgan fingerprint density at radius 3 is 2.48 bits per heavy atom. The van der Waals surface area contributed by atoms with Crippen LogP contribution in [0, 0.1) is 0 Å². The molecule has 0 saturated heterocycles. The first-order valence-electron chi connectivity index (χ1n) is 9.31. The largest absolute Gasteiger partial charge is 0.497 e. The van der Waals surface area contributed by atoms with Gasteiger partial charge in [-0.1, -0.05) is 31.5 Å². The maximum Gasteiger partial charge on any atom is 0.138 e. The second-order valence-electron chi connectivity index (χ2n) is 6.30. The summed E-state index contributed by atoms with van der Waals surface area (Å²) in [6.07, 6.45) is 4.06. The Bertz CT molecular complexity index is 809. The minimum absolute atomic E-state index is 0.588. The second kappa shape index (κ2) is 10.2. The van der Waals surface area contributed by atoms with Gasteiger partial charge in [0, 0.05) is 33.9 Å². The zero-order valence-electron chi connectivity index (χ0n) is 15.9. The Hall–Kier alpha value is -2.17. The molecule has 0 amide bonds. The van der Waals surface area contributed by atoms with Crippen molar-refractivity contribution in [2.24, 2.45) is 0 Å². The highest BCUT2D eigenvalue weighted by Gasteiger charge is 2.16. The van der Waals surface area contributed by atoms with Crippen molar-refractivity contribution in [1.82, 2.24) is 0 Å². The molecular weight excluding hydrogens is 356 g/mol. The monoisotopic (exact) mass is 382 g/mol. The standard InChI is InChI=1S/C23H26O3S/c1-3-4-14-25-15-19-16-26-23(18-10-12-20(24-2)13-11-18)22(19)17-27-21-8-6-5-7-9-21/h5-13,16H,3-4,14-15,17H2,1-2H3. The second-order valence-corrected chi connectivity index (χ2v) is 7.35. The molecule has 3 rings (SSSR count).